The van der Waals surface area contributed by atoms with Crippen molar-refractivity contribution in [3.63, 3.8) is 0 Å². The van der Waals surface area contributed by atoms with E-state index < -0.39 is 12.0 Å². The van der Waals surface area contributed by atoms with E-state index in [2.05, 4.69) is 10.1 Å². The van der Waals surface area contributed by atoms with Crippen LogP contribution in [0.4, 0.5) is 0 Å². The predicted octanol–water partition coefficient (Wildman–Crippen LogP) is 0.560. The number of carbonyl (C=O) groups excluding carboxylic acids is 3. The van der Waals surface area contributed by atoms with Crippen LogP contribution in [0.25, 0.3) is 0 Å². The number of nitrogens with one attached hydrogen (secondary N) is 1. The molecule has 1 atom stereocenters. The van der Waals surface area contributed by atoms with Crippen molar-refractivity contribution >= 4 is 29.1 Å². The summed E-state index contributed by atoms with van der Waals surface area (Å²) < 4.78 is 4.59. The summed E-state index contributed by atoms with van der Waals surface area (Å²) in [4.78, 5) is 37.9. The number of amides is 2. The van der Waals surface area contributed by atoms with E-state index in [0.717, 1.165) is 5.56 Å². The molecular formula is C13H16N2O4S. The number of methoxy groups -OCH3 is 1. The molecule has 20 heavy (non-hydrogen) atoms. The van der Waals surface area contributed by atoms with Gasteiger partial charge >= 0.3 is 5.97 Å². The fraction of sp³-hybridized carbons (Fsp3) is 0.462. The molecular weight excluding hydrogens is 280 g/mol. The van der Waals surface area contributed by atoms with Crippen LogP contribution in [0, 0.1) is 6.92 Å². The number of thiophene rings is 1. The summed E-state index contributed by atoms with van der Waals surface area (Å²) in [5.41, 5.74) is 0.878. The van der Waals surface area contributed by atoms with Crippen LogP contribution < -0.4 is 5.32 Å². The number of nitrogens with zero attached hydrogens (tertiary/aromatic N) is 1. The highest BCUT2D eigenvalue weighted by atomic mass is 32.1. The van der Waals surface area contributed by atoms with Crippen LogP contribution in [0.3, 0.4) is 0 Å². The fourth-order valence-corrected chi connectivity index (χ4v) is 3.00. The van der Waals surface area contributed by atoms with E-state index in [1.807, 2.05) is 18.4 Å². The van der Waals surface area contributed by atoms with E-state index in [4.69, 9.17) is 0 Å². The van der Waals surface area contributed by atoms with Crippen molar-refractivity contribution in [2.75, 3.05) is 20.2 Å². The van der Waals surface area contributed by atoms with Crippen molar-refractivity contribution in [3.8, 4) is 0 Å². The third-order valence-electron chi connectivity index (χ3n) is 3.24. The average molecular weight is 296 g/mol. The lowest BCUT2D eigenvalue weighted by molar-refractivity contribution is -0.145. The maximum Gasteiger partial charge on any atom is 0.308 e. The van der Waals surface area contributed by atoms with Crippen molar-refractivity contribution < 1.29 is 19.1 Å². The summed E-state index contributed by atoms with van der Waals surface area (Å²) >= 11 is 1.34. The van der Waals surface area contributed by atoms with Gasteiger partial charge in [-0.15, -0.1) is 11.3 Å². The van der Waals surface area contributed by atoms with Crippen LogP contribution in [-0.4, -0.2) is 48.9 Å². The Labute approximate surface area is 120 Å². The molecule has 1 saturated heterocycles. The maximum atomic E-state index is 12.5. The first kappa shape index (κ1) is 14.5. The first-order valence-corrected chi connectivity index (χ1v) is 7.12. The van der Waals surface area contributed by atoms with Crippen LogP contribution in [0.15, 0.2) is 11.4 Å². The summed E-state index contributed by atoms with van der Waals surface area (Å²) in [6, 6.07) is 1.06. The second-order valence-electron chi connectivity index (χ2n) is 4.52. The van der Waals surface area contributed by atoms with Gasteiger partial charge in [0.1, 0.15) is 6.04 Å². The topological polar surface area (TPSA) is 75.7 Å². The molecule has 7 heteroatoms. The first-order chi connectivity index (χ1) is 9.54. The fourth-order valence-electron chi connectivity index (χ4n) is 2.12. The zero-order chi connectivity index (χ0) is 14.7. The van der Waals surface area contributed by atoms with Crippen molar-refractivity contribution in [3.05, 3.63) is 21.9 Å². The predicted molar refractivity (Wildman–Crippen MR) is 73.5 cm³/mol. The van der Waals surface area contributed by atoms with Gasteiger partial charge < -0.3 is 15.0 Å². The van der Waals surface area contributed by atoms with Crippen molar-refractivity contribution in [1.82, 2.24) is 10.2 Å². The second kappa shape index (κ2) is 6.04. The van der Waals surface area contributed by atoms with E-state index in [0.29, 0.717) is 18.0 Å². The van der Waals surface area contributed by atoms with Gasteiger partial charge in [0, 0.05) is 13.1 Å². The van der Waals surface area contributed by atoms with E-state index in [1.165, 1.54) is 23.3 Å². The van der Waals surface area contributed by atoms with Gasteiger partial charge in [-0.25, -0.2) is 0 Å². The third-order valence-corrected chi connectivity index (χ3v) is 4.24. The van der Waals surface area contributed by atoms with Gasteiger partial charge in [-0.1, -0.05) is 0 Å². The Morgan fingerprint density at radius 3 is 2.90 bits per heavy atom. The Bertz CT molecular complexity index is 540. The first-order valence-electron chi connectivity index (χ1n) is 6.24. The van der Waals surface area contributed by atoms with E-state index >= 15 is 0 Å². The van der Waals surface area contributed by atoms with Crippen molar-refractivity contribution in [2.24, 2.45) is 0 Å². The number of carbonyl (C=O) groups is 3. The van der Waals surface area contributed by atoms with Crippen molar-refractivity contribution in [1.29, 1.82) is 0 Å². The summed E-state index contributed by atoms with van der Waals surface area (Å²) in [7, 11) is 1.26. The summed E-state index contributed by atoms with van der Waals surface area (Å²) in [5.74, 6) is -1.03. The molecule has 2 rings (SSSR count). The zero-order valence-electron chi connectivity index (χ0n) is 11.3. The molecule has 0 spiro atoms. The number of rotatable bonds is 3. The van der Waals surface area contributed by atoms with Gasteiger partial charge in [0.2, 0.25) is 5.91 Å². The van der Waals surface area contributed by atoms with Crippen LogP contribution in [0.2, 0.25) is 0 Å². The molecule has 0 bridgehead atoms. The molecule has 1 aromatic rings. The Kier molecular flexibility index (Phi) is 4.39. The normalized spacial score (nSPS) is 18.6. The summed E-state index contributed by atoms with van der Waals surface area (Å²) in [6.45, 7) is 2.64. The number of hydrogen-bond acceptors (Lipinski definition) is 5. The molecule has 0 aromatic carbocycles. The minimum absolute atomic E-state index is 0.126. The van der Waals surface area contributed by atoms with Gasteiger partial charge in [0.15, 0.2) is 0 Å². The highest BCUT2D eigenvalue weighted by Gasteiger charge is 2.36. The number of ether oxygens (including phenoxy) is 1. The molecule has 6 nitrogen and oxygen atoms in total. The molecule has 1 aromatic heterocycles. The molecule has 1 fully saturated rings. The Balaban J connectivity index is 2.22. The Hall–Kier alpha value is -1.89. The monoisotopic (exact) mass is 296 g/mol. The molecule has 2 amide bonds. The standard InChI is InChI=1S/C13H16N2O4S/c1-8-3-6-20-11(8)13(18)15-5-4-14-12(17)9(15)7-10(16)19-2/h3,6,9H,4-5,7H2,1-2H3,(H,14,17). The Morgan fingerprint density at radius 2 is 2.30 bits per heavy atom. The molecule has 0 aliphatic carbocycles. The van der Waals surface area contributed by atoms with Crippen LogP contribution in [0.5, 0.6) is 0 Å². The zero-order valence-corrected chi connectivity index (χ0v) is 12.2. The lowest BCUT2D eigenvalue weighted by Crippen LogP contribution is -2.57. The average Bonchev–Trinajstić information content (AvgIpc) is 2.86. The minimum Gasteiger partial charge on any atom is -0.469 e. The van der Waals surface area contributed by atoms with Gasteiger partial charge in [-0.3, -0.25) is 14.4 Å². The summed E-state index contributed by atoms with van der Waals surface area (Å²) in [6.07, 6.45) is -0.126. The van der Waals surface area contributed by atoms with Gasteiger partial charge in [-0.05, 0) is 23.9 Å². The Morgan fingerprint density at radius 1 is 1.55 bits per heavy atom. The quantitative estimate of drug-likeness (QED) is 0.827. The van der Waals surface area contributed by atoms with Crippen LogP contribution >= 0.6 is 11.3 Å². The highest BCUT2D eigenvalue weighted by molar-refractivity contribution is 7.12. The van der Waals surface area contributed by atoms with Crippen LogP contribution in [0.1, 0.15) is 21.7 Å². The van der Waals surface area contributed by atoms with Gasteiger partial charge in [0.25, 0.3) is 5.91 Å². The maximum absolute atomic E-state index is 12.5. The molecule has 2 heterocycles. The SMILES string of the molecule is COC(=O)CC1C(=O)NCCN1C(=O)c1sccc1C. The largest absolute Gasteiger partial charge is 0.469 e. The van der Waals surface area contributed by atoms with Gasteiger partial charge in [-0.2, -0.15) is 0 Å². The van der Waals surface area contributed by atoms with Crippen molar-refractivity contribution in [2.45, 2.75) is 19.4 Å². The molecule has 1 aliphatic heterocycles. The third kappa shape index (κ3) is 2.82. The van der Waals surface area contributed by atoms with E-state index in [9.17, 15) is 14.4 Å². The number of esters is 1. The molecule has 1 N–H and O–H groups in total. The van der Waals surface area contributed by atoms with E-state index in [-0.39, 0.29) is 18.2 Å². The number of aryl methyl sites for hydroxylation is 1. The summed E-state index contributed by atoms with van der Waals surface area (Å²) in [5, 5.41) is 4.50. The van der Waals surface area contributed by atoms with Gasteiger partial charge in [0.05, 0.1) is 18.4 Å². The van der Waals surface area contributed by atoms with E-state index in [1.54, 1.807) is 0 Å². The van der Waals surface area contributed by atoms with Crippen LogP contribution in [-0.2, 0) is 14.3 Å². The lowest BCUT2D eigenvalue weighted by Gasteiger charge is -2.34. The molecule has 1 aliphatic rings. The minimum atomic E-state index is -0.801. The highest BCUT2D eigenvalue weighted by Crippen LogP contribution is 2.21. The molecule has 1 unspecified atom stereocenters. The molecule has 0 saturated carbocycles. The number of piperazine rings is 1. The second-order valence-corrected chi connectivity index (χ2v) is 5.43. The molecule has 108 valence electrons. The molecule has 0 radical (unpaired) electrons. The smallest absolute Gasteiger partial charge is 0.308 e. The number of hydrogen-bond donors (Lipinski definition) is 1. The lowest BCUT2D eigenvalue weighted by atomic mass is 10.1.